The standard InChI is InChI=1S/C23H23N5O4S2/c1-27-19-8-7-18(13-16(19)14-20(27)29)34(31,32)28-11-9-15(10-12-28)22-25-26-23(33-22)21(30)24-17-5-3-2-4-6-17/h2-8,13,15H,9-12,14H2,1H3,(H,24,30). The van der Waals surface area contributed by atoms with Crippen molar-refractivity contribution in [1.29, 1.82) is 0 Å². The highest BCUT2D eigenvalue weighted by molar-refractivity contribution is 7.89. The van der Waals surface area contributed by atoms with Crippen molar-refractivity contribution in [1.82, 2.24) is 14.5 Å². The summed E-state index contributed by atoms with van der Waals surface area (Å²) in [6.07, 6.45) is 1.41. The first-order chi connectivity index (χ1) is 16.3. The number of anilines is 2. The molecular formula is C23H23N5O4S2. The number of sulfonamides is 1. The van der Waals surface area contributed by atoms with Crippen molar-refractivity contribution in [3.8, 4) is 0 Å². The molecule has 2 aliphatic rings. The summed E-state index contributed by atoms with van der Waals surface area (Å²) < 4.78 is 27.9. The molecule has 0 atom stereocenters. The maximum Gasteiger partial charge on any atom is 0.286 e. The monoisotopic (exact) mass is 497 g/mol. The number of nitrogens with zero attached hydrogens (tertiary/aromatic N) is 4. The minimum Gasteiger partial charge on any atom is -0.320 e. The number of likely N-dealkylation sites (N-methyl/N-ethyl adjacent to an activating group) is 1. The molecule has 2 aromatic carbocycles. The van der Waals surface area contributed by atoms with Crippen LogP contribution in [0.2, 0.25) is 0 Å². The SMILES string of the molecule is CN1C(=O)Cc2cc(S(=O)(=O)N3CCC(c4nnc(C(=O)Nc5ccccc5)s4)CC3)ccc21. The van der Waals surface area contributed by atoms with Gasteiger partial charge in [0.1, 0.15) is 5.01 Å². The van der Waals surface area contributed by atoms with Gasteiger partial charge in [0.05, 0.1) is 11.3 Å². The molecule has 34 heavy (non-hydrogen) atoms. The highest BCUT2D eigenvalue weighted by Crippen LogP contribution is 2.34. The van der Waals surface area contributed by atoms with Crippen molar-refractivity contribution < 1.29 is 18.0 Å². The van der Waals surface area contributed by atoms with Crippen molar-refractivity contribution in [3.05, 3.63) is 64.1 Å². The first-order valence-corrected chi connectivity index (χ1v) is 13.2. The van der Waals surface area contributed by atoms with Crippen molar-refractivity contribution in [2.45, 2.75) is 30.1 Å². The van der Waals surface area contributed by atoms with E-state index in [1.54, 1.807) is 42.3 Å². The number of carbonyl (C=O) groups excluding carboxylic acids is 2. The first-order valence-electron chi connectivity index (χ1n) is 10.9. The summed E-state index contributed by atoms with van der Waals surface area (Å²) in [7, 11) is -1.97. The Morgan fingerprint density at radius 2 is 1.82 bits per heavy atom. The molecule has 9 nitrogen and oxygen atoms in total. The van der Waals surface area contributed by atoms with E-state index in [4.69, 9.17) is 0 Å². The lowest BCUT2D eigenvalue weighted by atomic mass is 9.99. The van der Waals surface area contributed by atoms with Gasteiger partial charge in [-0.2, -0.15) is 4.31 Å². The van der Waals surface area contributed by atoms with Crippen molar-refractivity contribution >= 4 is 44.5 Å². The van der Waals surface area contributed by atoms with E-state index in [-0.39, 0.29) is 34.1 Å². The molecule has 0 aliphatic carbocycles. The number of nitrogens with one attached hydrogen (secondary N) is 1. The molecular weight excluding hydrogens is 474 g/mol. The Balaban J connectivity index is 1.23. The molecule has 2 amide bonds. The van der Waals surface area contributed by atoms with Gasteiger partial charge < -0.3 is 10.2 Å². The fourth-order valence-electron chi connectivity index (χ4n) is 4.30. The summed E-state index contributed by atoms with van der Waals surface area (Å²) in [5.41, 5.74) is 2.18. The van der Waals surface area contributed by atoms with E-state index in [0.29, 0.717) is 31.6 Å². The van der Waals surface area contributed by atoms with E-state index < -0.39 is 10.0 Å². The van der Waals surface area contributed by atoms with E-state index in [1.807, 2.05) is 18.2 Å². The number of piperidine rings is 1. The van der Waals surface area contributed by atoms with Crippen LogP contribution in [0, 0.1) is 0 Å². The Morgan fingerprint density at radius 1 is 1.09 bits per heavy atom. The second-order valence-corrected chi connectivity index (χ2v) is 11.3. The van der Waals surface area contributed by atoms with Gasteiger partial charge >= 0.3 is 0 Å². The van der Waals surface area contributed by atoms with Crippen LogP contribution < -0.4 is 10.2 Å². The molecule has 1 saturated heterocycles. The Kier molecular flexibility index (Phi) is 5.92. The maximum absolute atomic E-state index is 13.2. The normalized spacial score (nSPS) is 17.1. The number of hydrogen-bond acceptors (Lipinski definition) is 7. The van der Waals surface area contributed by atoms with Crippen LogP contribution in [0.4, 0.5) is 11.4 Å². The second kappa shape index (κ2) is 8.90. The van der Waals surface area contributed by atoms with Crippen LogP contribution in [-0.2, 0) is 21.2 Å². The molecule has 176 valence electrons. The average Bonchev–Trinajstić information content (AvgIpc) is 3.45. The first kappa shape index (κ1) is 22.6. The van der Waals surface area contributed by atoms with Crippen LogP contribution in [-0.4, -0.2) is 54.9 Å². The molecule has 1 fully saturated rings. The number of benzene rings is 2. The molecule has 0 spiro atoms. The number of amides is 2. The topological polar surface area (TPSA) is 113 Å². The molecule has 0 bridgehead atoms. The van der Waals surface area contributed by atoms with Gasteiger partial charge in [0.15, 0.2) is 0 Å². The van der Waals surface area contributed by atoms with Crippen LogP contribution in [0.25, 0.3) is 0 Å². The minimum atomic E-state index is -3.66. The largest absolute Gasteiger partial charge is 0.320 e. The summed E-state index contributed by atoms with van der Waals surface area (Å²) in [5, 5.41) is 12.1. The van der Waals surface area contributed by atoms with Gasteiger partial charge in [-0.1, -0.05) is 29.5 Å². The molecule has 3 heterocycles. The third-order valence-electron chi connectivity index (χ3n) is 6.24. The number of hydrogen-bond donors (Lipinski definition) is 1. The molecule has 1 aromatic heterocycles. The van der Waals surface area contributed by atoms with Gasteiger partial charge in [0.2, 0.25) is 20.9 Å². The minimum absolute atomic E-state index is 0.0424. The zero-order chi connectivity index (χ0) is 23.9. The molecule has 2 aliphatic heterocycles. The Morgan fingerprint density at radius 3 is 2.56 bits per heavy atom. The van der Waals surface area contributed by atoms with Crippen molar-refractivity contribution in [2.24, 2.45) is 0 Å². The molecule has 5 rings (SSSR count). The third-order valence-corrected chi connectivity index (χ3v) is 9.21. The van der Waals surface area contributed by atoms with Gasteiger partial charge in [-0.3, -0.25) is 9.59 Å². The van der Waals surface area contributed by atoms with Crippen molar-refractivity contribution in [3.63, 3.8) is 0 Å². The molecule has 0 unspecified atom stereocenters. The van der Waals surface area contributed by atoms with E-state index in [1.165, 1.54) is 15.6 Å². The Labute approximate surface area is 201 Å². The fraction of sp³-hybridized carbons (Fsp3) is 0.304. The quantitative estimate of drug-likeness (QED) is 0.580. The third kappa shape index (κ3) is 4.22. The van der Waals surface area contributed by atoms with Crippen LogP contribution in [0.5, 0.6) is 0 Å². The average molecular weight is 498 g/mol. The zero-order valence-electron chi connectivity index (χ0n) is 18.5. The van der Waals surface area contributed by atoms with E-state index >= 15 is 0 Å². The predicted octanol–water partition coefficient (Wildman–Crippen LogP) is 2.88. The lowest BCUT2D eigenvalue weighted by Gasteiger charge is -2.30. The van der Waals surface area contributed by atoms with Gasteiger partial charge in [-0.15, -0.1) is 10.2 Å². The smallest absolute Gasteiger partial charge is 0.286 e. The summed E-state index contributed by atoms with van der Waals surface area (Å²) >= 11 is 1.25. The van der Waals surface area contributed by atoms with Crippen molar-refractivity contribution in [2.75, 3.05) is 30.4 Å². The van der Waals surface area contributed by atoms with E-state index in [2.05, 4.69) is 15.5 Å². The molecule has 0 radical (unpaired) electrons. The number of aromatic nitrogens is 2. The highest BCUT2D eigenvalue weighted by atomic mass is 32.2. The highest BCUT2D eigenvalue weighted by Gasteiger charge is 2.33. The predicted molar refractivity (Wildman–Crippen MR) is 129 cm³/mol. The summed E-state index contributed by atoms with van der Waals surface area (Å²) in [5.74, 6) is -0.302. The van der Waals surface area contributed by atoms with E-state index in [9.17, 15) is 18.0 Å². The number of rotatable bonds is 5. The van der Waals surface area contributed by atoms with Crippen LogP contribution >= 0.6 is 11.3 Å². The zero-order valence-corrected chi connectivity index (χ0v) is 20.1. The van der Waals surface area contributed by atoms with Gasteiger partial charge in [0, 0.05) is 37.4 Å². The van der Waals surface area contributed by atoms with E-state index in [0.717, 1.165) is 16.3 Å². The summed E-state index contributed by atoms with van der Waals surface area (Å²) in [6, 6.07) is 14.0. The number of fused-ring (bicyclic) bond motifs is 1. The Hall–Kier alpha value is -3.15. The molecule has 3 aromatic rings. The number of para-hydroxylation sites is 1. The Bertz CT molecular complexity index is 1350. The summed E-state index contributed by atoms with van der Waals surface area (Å²) in [4.78, 5) is 26.1. The van der Waals surface area contributed by atoms with Gasteiger partial charge in [-0.05, 0) is 48.7 Å². The molecule has 1 N–H and O–H groups in total. The maximum atomic E-state index is 13.2. The van der Waals surface area contributed by atoms with Crippen LogP contribution in [0.1, 0.15) is 39.1 Å². The van der Waals surface area contributed by atoms with Crippen LogP contribution in [0.15, 0.2) is 53.4 Å². The number of carbonyl (C=O) groups is 2. The second-order valence-electron chi connectivity index (χ2n) is 8.36. The van der Waals surface area contributed by atoms with Gasteiger partial charge in [0.25, 0.3) is 5.91 Å². The lowest BCUT2D eigenvalue weighted by Crippen LogP contribution is -2.37. The summed E-state index contributed by atoms with van der Waals surface area (Å²) in [6.45, 7) is 0.710. The van der Waals surface area contributed by atoms with Crippen LogP contribution in [0.3, 0.4) is 0 Å². The fourth-order valence-corrected chi connectivity index (χ4v) is 6.72. The van der Waals surface area contributed by atoms with Gasteiger partial charge in [-0.25, -0.2) is 8.42 Å². The molecule has 0 saturated carbocycles. The molecule has 11 heteroatoms. The lowest BCUT2D eigenvalue weighted by molar-refractivity contribution is -0.117.